The van der Waals surface area contributed by atoms with Gasteiger partial charge < -0.3 is 34.3 Å². The number of rotatable bonds is 14. The van der Waals surface area contributed by atoms with E-state index in [9.17, 15) is 19.2 Å². The average Bonchev–Trinajstić information content (AvgIpc) is 2.74. The number of halogens is 2. The van der Waals surface area contributed by atoms with Crippen molar-refractivity contribution in [2.45, 2.75) is 40.5 Å². The number of hydrogen-bond donors (Lipinski definition) is 0. The molecular weight excluding hydrogens is 483 g/mol. The number of piperazine rings is 1. The summed E-state index contributed by atoms with van der Waals surface area (Å²) in [6.07, 6.45) is 3.56. The molecule has 1 saturated heterocycles. The topological polar surface area (TPSA) is 93.2 Å². The highest BCUT2D eigenvalue weighted by Crippen LogP contribution is 2.31. The maximum atomic E-state index is 12.7. The Morgan fingerprint density at radius 1 is 0.735 bits per heavy atom. The molecule has 2 unspecified atom stereocenters. The smallest absolute Gasteiger partial charge is 0.321 e. The molecule has 0 saturated carbocycles. The van der Waals surface area contributed by atoms with Crippen LogP contribution in [0.5, 0.6) is 0 Å². The fourth-order valence-corrected chi connectivity index (χ4v) is 4.12. The van der Waals surface area contributed by atoms with Crippen LogP contribution in [0.25, 0.3) is 0 Å². The van der Waals surface area contributed by atoms with Gasteiger partial charge in [0.05, 0.1) is 13.2 Å². The third kappa shape index (κ3) is 8.18. The van der Waals surface area contributed by atoms with Crippen molar-refractivity contribution in [1.82, 2.24) is 9.80 Å². The third-order valence-corrected chi connectivity index (χ3v) is 6.12. The van der Waals surface area contributed by atoms with Crippen LogP contribution in [0.2, 0.25) is 0 Å². The highest BCUT2D eigenvalue weighted by molar-refractivity contribution is 6.03. The van der Waals surface area contributed by atoms with Gasteiger partial charge in [-0.1, -0.05) is 12.2 Å². The maximum Gasteiger partial charge on any atom is 0.321 e. The van der Waals surface area contributed by atoms with Crippen LogP contribution in [-0.2, 0) is 28.7 Å². The molecule has 0 aromatic carbocycles. The van der Waals surface area contributed by atoms with E-state index in [4.69, 9.17) is 9.47 Å². The Morgan fingerprint density at radius 3 is 1.24 bits per heavy atom. The fourth-order valence-electron chi connectivity index (χ4n) is 4.12. The van der Waals surface area contributed by atoms with Crippen molar-refractivity contribution in [2.75, 3.05) is 52.5 Å². The van der Waals surface area contributed by atoms with Gasteiger partial charge in [0.15, 0.2) is 0 Å². The van der Waals surface area contributed by atoms with Crippen LogP contribution in [0.4, 0.5) is 0 Å². The molecule has 1 heterocycles. The van der Waals surface area contributed by atoms with Gasteiger partial charge in [-0.3, -0.25) is 29.0 Å². The minimum absolute atomic E-state index is 0. The number of Topliss-reactive ketones (excluding diaryl/α,β-unsaturated/α-hetero) is 2. The number of carbonyl (C=O) groups is 4. The number of ether oxygens (including phenoxy) is 2. The van der Waals surface area contributed by atoms with Crippen LogP contribution in [0.1, 0.15) is 40.5 Å². The molecule has 196 valence electrons. The monoisotopic (exact) mass is 520 g/mol. The Morgan fingerprint density at radius 2 is 1.03 bits per heavy atom. The molecule has 8 nitrogen and oxygen atoms in total. The van der Waals surface area contributed by atoms with Gasteiger partial charge >= 0.3 is 11.9 Å². The summed E-state index contributed by atoms with van der Waals surface area (Å²) in [5.41, 5.74) is -2.56. The number of allylic oxidation sites excluding steroid dienone is 2. The van der Waals surface area contributed by atoms with Crippen molar-refractivity contribution in [3.8, 4) is 0 Å². The van der Waals surface area contributed by atoms with E-state index in [-0.39, 0.29) is 75.5 Å². The van der Waals surface area contributed by atoms with Gasteiger partial charge in [-0.05, 0) is 40.5 Å². The summed E-state index contributed by atoms with van der Waals surface area (Å²) in [5, 5.41) is 0. The van der Waals surface area contributed by atoms with Crippen molar-refractivity contribution in [3.05, 3.63) is 25.3 Å². The highest BCUT2D eigenvalue weighted by Gasteiger charge is 2.47. The molecule has 1 rings (SSSR count). The number of ketones is 2. The molecule has 34 heavy (non-hydrogen) atoms. The molecule has 10 heteroatoms. The lowest BCUT2D eigenvalue weighted by atomic mass is 9.79. The molecule has 1 aliphatic heterocycles. The molecular formula is C24H38Cl2N2O6-2. The zero-order chi connectivity index (χ0) is 24.4. The van der Waals surface area contributed by atoms with Crippen molar-refractivity contribution in [1.29, 1.82) is 0 Å². The second-order valence-corrected chi connectivity index (χ2v) is 8.26. The molecule has 0 bridgehead atoms. The van der Waals surface area contributed by atoms with Crippen LogP contribution in [-0.4, -0.2) is 85.8 Å². The zero-order valence-corrected chi connectivity index (χ0v) is 22.3. The summed E-state index contributed by atoms with van der Waals surface area (Å²) < 4.78 is 10.4. The first-order chi connectivity index (χ1) is 15.1. The Labute approximate surface area is 215 Å². The first kappa shape index (κ1) is 34.4. The van der Waals surface area contributed by atoms with E-state index in [2.05, 4.69) is 13.2 Å². The van der Waals surface area contributed by atoms with E-state index in [1.54, 1.807) is 26.0 Å². The lowest BCUT2D eigenvalue weighted by Gasteiger charge is -2.41. The van der Waals surface area contributed by atoms with Crippen molar-refractivity contribution < 1.29 is 53.5 Å². The SMILES string of the molecule is C=CCC(CN1CCN(CC(CC=C)(C(C)=O)C(=O)OCC)CC1)(C(C)=O)C(=O)OCC.[Cl-].[Cl-]. The Bertz CT molecular complexity index is 664. The van der Waals surface area contributed by atoms with Crippen LogP contribution < -0.4 is 24.8 Å². The summed E-state index contributed by atoms with van der Waals surface area (Å²) in [4.78, 5) is 54.4. The molecule has 1 fully saturated rings. The predicted molar refractivity (Wildman–Crippen MR) is 122 cm³/mol. The van der Waals surface area contributed by atoms with E-state index >= 15 is 0 Å². The summed E-state index contributed by atoms with van der Waals surface area (Å²) in [6.45, 7) is 16.9. The Balaban J connectivity index is 0. The molecule has 0 spiro atoms. The van der Waals surface area contributed by atoms with Gasteiger partial charge in [-0.15, -0.1) is 13.2 Å². The lowest BCUT2D eigenvalue weighted by Crippen LogP contribution is -3.00. The molecule has 0 aliphatic carbocycles. The van der Waals surface area contributed by atoms with E-state index < -0.39 is 22.8 Å². The van der Waals surface area contributed by atoms with Crippen LogP contribution in [0.15, 0.2) is 25.3 Å². The molecule has 0 radical (unpaired) electrons. The average molecular weight is 521 g/mol. The Hall–Kier alpha value is -1.74. The first-order valence-corrected chi connectivity index (χ1v) is 11.2. The minimum atomic E-state index is -1.28. The summed E-state index contributed by atoms with van der Waals surface area (Å²) in [6, 6.07) is 0. The molecule has 2 atom stereocenters. The van der Waals surface area contributed by atoms with Crippen LogP contribution in [0, 0.1) is 10.8 Å². The fraction of sp³-hybridized carbons (Fsp3) is 0.667. The molecule has 0 amide bonds. The largest absolute Gasteiger partial charge is 1.00 e. The molecule has 0 aromatic rings. The van der Waals surface area contributed by atoms with Crippen molar-refractivity contribution in [2.24, 2.45) is 10.8 Å². The lowest BCUT2D eigenvalue weighted by molar-refractivity contribution is -0.164. The predicted octanol–water partition coefficient (Wildman–Crippen LogP) is -3.96. The number of hydrogen-bond acceptors (Lipinski definition) is 8. The van der Waals surface area contributed by atoms with Gasteiger partial charge in [0, 0.05) is 39.3 Å². The summed E-state index contributed by atoms with van der Waals surface area (Å²) >= 11 is 0. The highest BCUT2D eigenvalue weighted by atomic mass is 35.5. The van der Waals surface area contributed by atoms with Gasteiger partial charge in [-0.25, -0.2) is 0 Å². The molecule has 0 N–H and O–H groups in total. The van der Waals surface area contributed by atoms with Gasteiger partial charge in [0.25, 0.3) is 0 Å². The minimum Gasteiger partial charge on any atom is -1.00 e. The first-order valence-electron chi connectivity index (χ1n) is 11.2. The quantitative estimate of drug-likeness (QED) is 0.130. The van der Waals surface area contributed by atoms with E-state index in [0.29, 0.717) is 26.2 Å². The van der Waals surface area contributed by atoms with Gasteiger partial charge in [0.1, 0.15) is 22.4 Å². The summed E-state index contributed by atoms with van der Waals surface area (Å²) in [7, 11) is 0. The normalized spacial score (nSPS) is 17.5. The van der Waals surface area contributed by atoms with E-state index in [1.807, 2.05) is 9.80 Å². The van der Waals surface area contributed by atoms with Gasteiger partial charge in [-0.2, -0.15) is 0 Å². The maximum absolute atomic E-state index is 12.7. The van der Waals surface area contributed by atoms with Crippen LogP contribution >= 0.6 is 0 Å². The van der Waals surface area contributed by atoms with E-state index in [1.165, 1.54) is 13.8 Å². The summed E-state index contributed by atoms with van der Waals surface area (Å²) in [5.74, 6) is -1.55. The standard InChI is InChI=1S/C24H38N2O6.2ClH/c1-7-11-23(19(5)27,21(29)31-9-3)17-25-13-15-26(16-14-25)18-24(12-8-2,20(6)28)22(30)32-10-4;;/h7-8H,1-2,9-18H2,3-6H3;2*1H/p-2. The Kier molecular flexibility index (Phi) is 16.2. The molecule has 0 aromatic heterocycles. The molecule has 1 aliphatic rings. The van der Waals surface area contributed by atoms with Crippen molar-refractivity contribution >= 4 is 23.5 Å². The second-order valence-electron chi connectivity index (χ2n) is 8.26. The van der Waals surface area contributed by atoms with Crippen molar-refractivity contribution in [3.63, 3.8) is 0 Å². The van der Waals surface area contributed by atoms with E-state index in [0.717, 1.165) is 0 Å². The van der Waals surface area contributed by atoms with Crippen LogP contribution in [0.3, 0.4) is 0 Å². The number of carbonyl (C=O) groups excluding carboxylic acids is 4. The zero-order valence-electron chi connectivity index (χ0n) is 20.7. The van der Waals surface area contributed by atoms with Gasteiger partial charge in [0.2, 0.25) is 0 Å². The number of nitrogens with zero attached hydrogens (tertiary/aromatic N) is 2. The third-order valence-electron chi connectivity index (χ3n) is 6.12. The number of esters is 2. The second kappa shape index (κ2) is 16.0.